The molecule has 0 saturated heterocycles. The van der Waals surface area contributed by atoms with Crippen molar-refractivity contribution < 1.29 is 9.21 Å². The number of benzene rings is 1. The number of carbonyl (C=O) groups is 1. The van der Waals surface area contributed by atoms with E-state index in [4.69, 9.17) is 4.42 Å². The monoisotopic (exact) mass is 330 g/mol. The van der Waals surface area contributed by atoms with E-state index in [0.29, 0.717) is 5.56 Å². The van der Waals surface area contributed by atoms with Crippen LogP contribution in [0.15, 0.2) is 52.1 Å². The minimum atomic E-state index is -0.128. The standard InChI is InChI=1S/C18H22N2O2S/c1-14-5-4-6-15(13-14)18(21)19-10-9-16-7-8-17(22-16)23-12-11-20(2)3/h4-10,13H,11-12H2,1-3H3,(H,19,21)/b10-9+. The average Bonchev–Trinajstić information content (AvgIpc) is 2.94. The minimum absolute atomic E-state index is 0.128. The van der Waals surface area contributed by atoms with E-state index in [1.165, 1.54) is 0 Å². The zero-order valence-electron chi connectivity index (χ0n) is 13.7. The second-order valence-electron chi connectivity index (χ2n) is 5.48. The summed E-state index contributed by atoms with van der Waals surface area (Å²) in [6.07, 6.45) is 3.36. The Labute approximate surface area is 141 Å². The molecule has 0 unspecified atom stereocenters. The number of aryl methyl sites for hydroxylation is 1. The van der Waals surface area contributed by atoms with E-state index in [-0.39, 0.29) is 5.91 Å². The molecule has 1 heterocycles. The highest BCUT2D eigenvalue weighted by Crippen LogP contribution is 2.21. The zero-order valence-corrected chi connectivity index (χ0v) is 14.5. The predicted molar refractivity (Wildman–Crippen MR) is 95.7 cm³/mol. The van der Waals surface area contributed by atoms with E-state index in [2.05, 4.69) is 10.2 Å². The number of carbonyl (C=O) groups excluding carboxylic acids is 1. The van der Waals surface area contributed by atoms with Crippen molar-refractivity contribution >= 4 is 23.7 Å². The number of hydrogen-bond acceptors (Lipinski definition) is 4. The van der Waals surface area contributed by atoms with Gasteiger partial charge in [-0.3, -0.25) is 4.79 Å². The first-order chi connectivity index (χ1) is 11.0. The first-order valence-corrected chi connectivity index (χ1v) is 8.44. The van der Waals surface area contributed by atoms with Crippen molar-refractivity contribution in [1.82, 2.24) is 10.2 Å². The molecule has 5 heteroatoms. The first-order valence-electron chi connectivity index (χ1n) is 7.46. The summed E-state index contributed by atoms with van der Waals surface area (Å²) in [5.41, 5.74) is 1.71. The molecule has 1 amide bonds. The van der Waals surface area contributed by atoms with Gasteiger partial charge >= 0.3 is 0 Å². The van der Waals surface area contributed by atoms with Crippen molar-refractivity contribution in [2.24, 2.45) is 0 Å². The van der Waals surface area contributed by atoms with E-state index in [1.807, 2.05) is 51.4 Å². The van der Waals surface area contributed by atoms with Gasteiger partial charge in [0.25, 0.3) is 5.91 Å². The lowest BCUT2D eigenvalue weighted by Gasteiger charge is -2.06. The molecule has 0 bridgehead atoms. The second-order valence-corrected chi connectivity index (χ2v) is 6.58. The van der Waals surface area contributed by atoms with E-state index >= 15 is 0 Å². The Balaban J connectivity index is 1.84. The van der Waals surface area contributed by atoms with E-state index in [9.17, 15) is 4.79 Å². The van der Waals surface area contributed by atoms with Gasteiger partial charge in [0.1, 0.15) is 5.76 Å². The molecule has 1 aromatic heterocycles. The number of nitrogens with one attached hydrogen (secondary N) is 1. The highest BCUT2D eigenvalue weighted by Gasteiger charge is 2.03. The molecular weight excluding hydrogens is 308 g/mol. The maximum Gasteiger partial charge on any atom is 0.255 e. The highest BCUT2D eigenvalue weighted by atomic mass is 32.2. The van der Waals surface area contributed by atoms with Crippen molar-refractivity contribution in [2.45, 2.75) is 12.0 Å². The lowest BCUT2D eigenvalue weighted by Crippen LogP contribution is -2.16. The Morgan fingerprint density at radius 3 is 2.87 bits per heavy atom. The van der Waals surface area contributed by atoms with Crippen molar-refractivity contribution in [3.63, 3.8) is 0 Å². The lowest BCUT2D eigenvalue weighted by atomic mass is 10.1. The average molecular weight is 330 g/mol. The van der Waals surface area contributed by atoms with Crippen molar-refractivity contribution in [1.29, 1.82) is 0 Å². The largest absolute Gasteiger partial charge is 0.450 e. The number of rotatable bonds is 7. The van der Waals surface area contributed by atoms with Crippen LogP contribution in [-0.2, 0) is 0 Å². The summed E-state index contributed by atoms with van der Waals surface area (Å²) in [6, 6.07) is 11.3. The van der Waals surface area contributed by atoms with Gasteiger partial charge in [0.05, 0.1) is 0 Å². The van der Waals surface area contributed by atoms with E-state index < -0.39 is 0 Å². The highest BCUT2D eigenvalue weighted by molar-refractivity contribution is 7.99. The number of furan rings is 1. The molecular formula is C18H22N2O2S. The van der Waals surface area contributed by atoms with Gasteiger partial charge in [0, 0.05) is 24.1 Å². The first kappa shape index (κ1) is 17.4. The van der Waals surface area contributed by atoms with Crippen molar-refractivity contribution in [2.75, 3.05) is 26.4 Å². The van der Waals surface area contributed by atoms with Gasteiger partial charge in [0.2, 0.25) is 0 Å². The minimum Gasteiger partial charge on any atom is -0.450 e. The summed E-state index contributed by atoms with van der Waals surface area (Å²) >= 11 is 1.68. The maximum absolute atomic E-state index is 12.0. The molecule has 0 aliphatic carbocycles. The van der Waals surface area contributed by atoms with Gasteiger partial charge in [-0.25, -0.2) is 0 Å². The van der Waals surface area contributed by atoms with Gasteiger partial charge in [-0.15, -0.1) is 0 Å². The summed E-state index contributed by atoms with van der Waals surface area (Å²) in [5.74, 6) is 1.58. The van der Waals surface area contributed by atoms with E-state index in [0.717, 1.165) is 28.7 Å². The number of amides is 1. The Morgan fingerprint density at radius 1 is 1.30 bits per heavy atom. The number of thioether (sulfide) groups is 1. The van der Waals surface area contributed by atoms with Gasteiger partial charge in [0.15, 0.2) is 5.09 Å². The molecule has 23 heavy (non-hydrogen) atoms. The maximum atomic E-state index is 12.0. The SMILES string of the molecule is Cc1cccc(C(=O)N/C=C/c2ccc(SCCN(C)C)o2)c1. The Kier molecular flexibility index (Phi) is 6.50. The molecule has 0 fully saturated rings. The second kappa shape index (κ2) is 8.60. The lowest BCUT2D eigenvalue weighted by molar-refractivity contribution is 0.0970. The molecule has 0 saturated carbocycles. The van der Waals surface area contributed by atoms with Crippen LogP contribution in [-0.4, -0.2) is 37.2 Å². The third-order valence-electron chi connectivity index (χ3n) is 3.13. The van der Waals surface area contributed by atoms with Crippen LogP contribution in [0.4, 0.5) is 0 Å². The van der Waals surface area contributed by atoms with Crippen LogP contribution in [0, 0.1) is 6.92 Å². The van der Waals surface area contributed by atoms with Crippen LogP contribution in [0.5, 0.6) is 0 Å². The molecule has 2 aromatic rings. The predicted octanol–water partition coefficient (Wildman–Crippen LogP) is 3.64. The molecule has 0 radical (unpaired) electrons. The van der Waals surface area contributed by atoms with Gasteiger partial charge in [-0.1, -0.05) is 29.5 Å². The summed E-state index contributed by atoms with van der Waals surface area (Å²) in [6.45, 7) is 2.97. The molecule has 122 valence electrons. The van der Waals surface area contributed by atoms with Gasteiger partial charge in [-0.05, 0) is 51.4 Å². The molecule has 4 nitrogen and oxygen atoms in total. The van der Waals surface area contributed by atoms with Crippen molar-refractivity contribution in [3.8, 4) is 0 Å². The van der Waals surface area contributed by atoms with Gasteiger partial charge in [-0.2, -0.15) is 0 Å². The number of hydrogen-bond donors (Lipinski definition) is 1. The van der Waals surface area contributed by atoms with E-state index in [1.54, 1.807) is 30.1 Å². The zero-order chi connectivity index (χ0) is 16.7. The van der Waals surface area contributed by atoms with Crippen LogP contribution in [0.25, 0.3) is 6.08 Å². The van der Waals surface area contributed by atoms with Crippen LogP contribution >= 0.6 is 11.8 Å². The molecule has 0 atom stereocenters. The molecule has 1 aromatic carbocycles. The smallest absolute Gasteiger partial charge is 0.255 e. The molecule has 0 aliphatic rings. The summed E-state index contributed by atoms with van der Waals surface area (Å²) in [5, 5.41) is 3.63. The topological polar surface area (TPSA) is 45.5 Å². The van der Waals surface area contributed by atoms with Crippen LogP contribution in [0.3, 0.4) is 0 Å². The Morgan fingerprint density at radius 2 is 2.13 bits per heavy atom. The summed E-state index contributed by atoms with van der Waals surface area (Å²) in [4.78, 5) is 14.1. The van der Waals surface area contributed by atoms with Crippen LogP contribution in [0.2, 0.25) is 0 Å². The quantitative estimate of drug-likeness (QED) is 0.787. The van der Waals surface area contributed by atoms with Gasteiger partial charge < -0.3 is 14.6 Å². The fourth-order valence-corrected chi connectivity index (χ4v) is 2.88. The third-order valence-corrected chi connectivity index (χ3v) is 4.02. The molecule has 2 rings (SSSR count). The Hall–Kier alpha value is -1.98. The third kappa shape index (κ3) is 5.96. The number of nitrogens with zero attached hydrogens (tertiary/aromatic N) is 1. The van der Waals surface area contributed by atoms with Crippen molar-refractivity contribution in [3.05, 3.63) is 59.5 Å². The normalized spacial score (nSPS) is 11.3. The van der Waals surface area contributed by atoms with Crippen LogP contribution < -0.4 is 5.32 Å². The molecule has 1 N–H and O–H groups in total. The summed E-state index contributed by atoms with van der Waals surface area (Å²) in [7, 11) is 4.10. The van der Waals surface area contributed by atoms with Crippen LogP contribution in [0.1, 0.15) is 21.7 Å². The Bertz CT molecular complexity index is 677. The summed E-state index contributed by atoms with van der Waals surface area (Å²) < 4.78 is 5.68. The molecule has 0 spiro atoms. The fourth-order valence-electron chi connectivity index (χ4n) is 1.90. The fraction of sp³-hybridized carbons (Fsp3) is 0.278. The molecule has 0 aliphatic heterocycles.